The lowest BCUT2D eigenvalue weighted by Gasteiger charge is -2.18. The number of likely N-dealkylation sites (N-methyl/N-ethyl adjacent to an activating group) is 1. The summed E-state index contributed by atoms with van der Waals surface area (Å²) >= 11 is 0. The number of hydrogen-bond acceptors (Lipinski definition) is 7. The molecule has 1 N–H and O–H groups in total. The van der Waals surface area contributed by atoms with Gasteiger partial charge in [0.1, 0.15) is 17.1 Å². The molecule has 0 saturated carbocycles. The Kier molecular flexibility index (Phi) is 6.92. The number of amides is 1. The van der Waals surface area contributed by atoms with Gasteiger partial charge in [-0.05, 0) is 31.9 Å². The summed E-state index contributed by atoms with van der Waals surface area (Å²) in [5.74, 6) is -1.15. The summed E-state index contributed by atoms with van der Waals surface area (Å²) in [4.78, 5) is 25.3. The van der Waals surface area contributed by atoms with Crippen molar-refractivity contribution < 1.29 is 27.3 Å². The van der Waals surface area contributed by atoms with E-state index in [1.807, 2.05) is 31.2 Å². The van der Waals surface area contributed by atoms with Crippen LogP contribution in [0.15, 0.2) is 33.7 Å². The number of ether oxygens (including phenoxy) is 1. The molecule has 152 valence electrons. The molecule has 10 heteroatoms. The summed E-state index contributed by atoms with van der Waals surface area (Å²) in [6.45, 7) is 4.16. The molecule has 9 nitrogen and oxygen atoms in total. The predicted octanol–water partition coefficient (Wildman–Crippen LogP) is 1.08. The lowest BCUT2D eigenvalue weighted by atomic mass is 10.1. The van der Waals surface area contributed by atoms with Crippen LogP contribution in [-0.4, -0.2) is 50.6 Å². The molecule has 2 aromatic rings. The number of nitrogens with one attached hydrogen (secondary N) is 1. The normalized spacial score (nSPS) is 11.3. The Bertz CT molecular complexity index is 948. The Morgan fingerprint density at radius 3 is 2.50 bits per heavy atom. The lowest BCUT2D eigenvalue weighted by molar-refractivity contribution is -0.150. The van der Waals surface area contributed by atoms with E-state index in [1.165, 1.54) is 18.7 Å². The first kappa shape index (κ1) is 21.6. The number of carbonyl (C=O) groups excluding carboxylic acids is 2. The quantitative estimate of drug-likeness (QED) is 0.648. The molecular weight excluding hydrogens is 386 g/mol. The highest BCUT2D eigenvalue weighted by Crippen LogP contribution is 2.18. The number of carbonyl (C=O) groups is 2. The summed E-state index contributed by atoms with van der Waals surface area (Å²) in [5.41, 5.74) is 2.22. The molecule has 1 heterocycles. The van der Waals surface area contributed by atoms with Gasteiger partial charge in [-0.25, -0.2) is 8.42 Å². The summed E-state index contributed by atoms with van der Waals surface area (Å²) in [5, 5.41) is 3.57. The highest BCUT2D eigenvalue weighted by atomic mass is 32.2. The molecule has 0 spiro atoms. The first-order chi connectivity index (χ1) is 13.1. The maximum absolute atomic E-state index is 12.2. The van der Waals surface area contributed by atoms with Crippen molar-refractivity contribution >= 4 is 21.9 Å². The molecule has 1 aromatic carbocycles. The average molecular weight is 409 g/mol. The first-order valence-electron chi connectivity index (χ1n) is 8.48. The highest BCUT2D eigenvalue weighted by Gasteiger charge is 2.25. The summed E-state index contributed by atoms with van der Waals surface area (Å²) < 4.78 is 36.3. The molecule has 0 atom stereocenters. The van der Waals surface area contributed by atoms with Crippen LogP contribution in [0.3, 0.4) is 0 Å². The fourth-order valence-electron chi connectivity index (χ4n) is 2.52. The summed E-state index contributed by atoms with van der Waals surface area (Å²) in [6, 6.07) is 7.64. The van der Waals surface area contributed by atoms with Crippen molar-refractivity contribution in [1.29, 1.82) is 0 Å². The van der Waals surface area contributed by atoms with E-state index in [1.54, 1.807) is 7.05 Å². The van der Waals surface area contributed by atoms with Gasteiger partial charge in [-0.2, -0.15) is 4.72 Å². The fourth-order valence-corrected chi connectivity index (χ4v) is 3.81. The SMILES string of the molecule is Cc1ccccc1CN(C)C(=O)COC(=O)CNS(=O)(=O)c1c(C)noc1C. The molecule has 0 fully saturated rings. The third-order valence-corrected chi connectivity index (χ3v) is 5.74. The van der Waals surface area contributed by atoms with Crippen molar-refractivity contribution in [3.8, 4) is 0 Å². The van der Waals surface area contributed by atoms with Gasteiger partial charge in [-0.1, -0.05) is 29.4 Å². The highest BCUT2D eigenvalue weighted by molar-refractivity contribution is 7.89. The molecule has 0 aliphatic rings. The molecule has 0 saturated heterocycles. The average Bonchev–Trinajstić information content (AvgIpc) is 2.99. The molecule has 1 aromatic heterocycles. The minimum Gasteiger partial charge on any atom is -0.455 e. The topological polar surface area (TPSA) is 119 Å². The van der Waals surface area contributed by atoms with Gasteiger partial charge in [-0.15, -0.1) is 0 Å². The van der Waals surface area contributed by atoms with E-state index in [-0.39, 0.29) is 16.3 Å². The smallest absolute Gasteiger partial charge is 0.321 e. The minimum atomic E-state index is -3.98. The molecule has 0 bridgehead atoms. The van der Waals surface area contributed by atoms with Crippen LogP contribution in [0.5, 0.6) is 0 Å². The van der Waals surface area contributed by atoms with Gasteiger partial charge in [0.15, 0.2) is 12.4 Å². The lowest BCUT2D eigenvalue weighted by Crippen LogP contribution is -2.35. The van der Waals surface area contributed by atoms with E-state index in [4.69, 9.17) is 9.26 Å². The maximum Gasteiger partial charge on any atom is 0.321 e. The Morgan fingerprint density at radius 1 is 1.21 bits per heavy atom. The van der Waals surface area contributed by atoms with E-state index in [2.05, 4.69) is 9.88 Å². The largest absolute Gasteiger partial charge is 0.455 e. The van der Waals surface area contributed by atoms with Crippen molar-refractivity contribution in [1.82, 2.24) is 14.8 Å². The van der Waals surface area contributed by atoms with Crippen LogP contribution in [0.25, 0.3) is 0 Å². The van der Waals surface area contributed by atoms with Crippen molar-refractivity contribution in [2.45, 2.75) is 32.2 Å². The standard InChI is InChI=1S/C18H23N3O6S/c1-12-7-5-6-8-15(12)10-21(4)16(22)11-26-17(23)9-19-28(24,25)18-13(2)20-27-14(18)3/h5-8,19H,9-11H2,1-4H3. The van der Waals surface area contributed by atoms with Gasteiger partial charge < -0.3 is 14.2 Å². The van der Waals surface area contributed by atoms with E-state index in [0.717, 1.165) is 11.1 Å². The molecule has 0 unspecified atom stereocenters. The molecule has 0 aliphatic carbocycles. The Hall–Kier alpha value is -2.72. The first-order valence-corrected chi connectivity index (χ1v) is 9.96. The third-order valence-electron chi connectivity index (χ3n) is 4.09. The molecular formula is C18H23N3O6S. The van der Waals surface area contributed by atoms with Gasteiger partial charge >= 0.3 is 5.97 Å². The van der Waals surface area contributed by atoms with Crippen molar-refractivity contribution in [3.05, 3.63) is 46.8 Å². The van der Waals surface area contributed by atoms with Gasteiger partial charge in [0.2, 0.25) is 10.0 Å². The summed E-state index contributed by atoms with van der Waals surface area (Å²) in [6.07, 6.45) is 0. The van der Waals surface area contributed by atoms with Crippen LogP contribution >= 0.6 is 0 Å². The zero-order chi connectivity index (χ0) is 20.9. The number of benzene rings is 1. The third kappa shape index (κ3) is 5.40. The maximum atomic E-state index is 12.2. The second kappa shape index (κ2) is 8.98. The number of aromatic nitrogens is 1. The van der Waals surface area contributed by atoms with Gasteiger partial charge in [-0.3, -0.25) is 9.59 Å². The number of hydrogen-bond donors (Lipinski definition) is 1. The fraction of sp³-hybridized carbons (Fsp3) is 0.389. The van der Waals surface area contributed by atoms with Crippen LogP contribution in [0.1, 0.15) is 22.6 Å². The number of rotatable bonds is 8. The van der Waals surface area contributed by atoms with Crippen LogP contribution in [0.4, 0.5) is 0 Å². The van der Waals surface area contributed by atoms with Crippen LogP contribution in [0, 0.1) is 20.8 Å². The summed E-state index contributed by atoms with van der Waals surface area (Å²) in [7, 11) is -2.38. The molecule has 28 heavy (non-hydrogen) atoms. The van der Waals surface area contributed by atoms with Crippen LogP contribution in [0.2, 0.25) is 0 Å². The molecule has 2 rings (SSSR count). The second-order valence-electron chi connectivity index (χ2n) is 6.31. The Balaban J connectivity index is 1.83. The van der Waals surface area contributed by atoms with Crippen LogP contribution in [-0.2, 0) is 30.9 Å². The molecule has 1 amide bonds. The van der Waals surface area contributed by atoms with Crippen LogP contribution < -0.4 is 4.72 Å². The predicted molar refractivity (Wildman–Crippen MR) is 99.8 cm³/mol. The zero-order valence-corrected chi connectivity index (χ0v) is 17.0. The number of sulfonamides is 1. The van der Waals surface area contributed by atoms with Gasteiger partial charge in [0.05, 0.1) is 0 Å². The monoisotopic (exact) mass is 409 g/mol. The van der Waals surface area contributed by atoms with Crippen molar-refractivity contribution in [3.63, 3.8) is 0 Å². The second-order valence-corrected chi connectivity index (χ2v) is 8.02. The number of aryl methyl sites for hydroxylation is 3. The van der Waals surface area contributed by atoms with E-state index in [9.17, 15) is 18.0 Å². The minimum absolute atomic E-state index is 0.116. The van der Waals surface area contributed by atoms with Gasteiger partial charge in [0, 0.05) is 13.6 Å². The zero-order valence-electron chi connectivity index (χ0n) is 16.2. The van der Waals surface area contributed by atoms with E-state index in [0.29, 0.717) is 6.54 Å². The Morgan fingerprint density at radius 2 is 1.89 bits per heavy atom. The number of nitrogens with zero attached hydrogens (tertiary/aromatic N) is 2. The van der Waals surface area contributed by atoms with E-state index < -0.39 is 35.1 Å². The van der Waals surface area contributed by atoms with Crippen molar-refractivity contribution in [2.75, 3.05) is 20.2 Å². The van der Waals surface area contributed by atoms with E-state index >= 15 is 0 Å². The molecule has 0 aliphatic heterocycles. The molecule has 0 radical (unpaired) electrons. The van der Waals surface area contributed by atoms with Gasteiger partial charge in [0.25, 0.3) is 5.91 Å². The number of esters is 1. The Labute approximate surface area is 163 Å². The van der Waals surface area contributed by atoms with Crippen molar-refractivity contribution in [2.24, 2.45) is 0 Å².